The lowest BCUT2D eigenvalue weighted by molar-refractivity contribution is -0.126. The van der Waals surface area contributed by atoms with Crippen LogP contribution in [0.5, 0.6) is 0 Å². The molecule has 1 aliphatic heterocycles. The minimum absolute atomic E-state index is 0.0843. The number of carbonyl (C=O) groups excluding carboxylic acids is 1. The topological polar surface area (TPSA) is 92.5 Å². The van der Waals surface area contributed by atoms with Crippen molar-refractivity contribution >= 4 is 21.4 Å². The number of amides is 1. The molecule has 0 radical (unpaired) electrons. The summed E-state index contributed by atoms with van der Waals surface area (Å²) >= 11 is 0. The van der Waals surface area contributed by atoms with E-state index in [9.17, 15) is 13.2 Å². The van der Waals surface area contributed by atoms with Crippen molar-refractivity contribution in [3.05, 3.63) is 24.3 Å². The fraction of sp³-hybridized carbons (Fsp3) is 0.650. The fourth-order valence-corrected chi connectivity index (χ4v) is 5.17. The van der Waals surface area contributed by atoms with Crippen LogP contribution in [0, 0.1) is 11.8 Å². The van der Waals surface area contributed by atoms with Gasteiger partial charge in [-0.25, -0.2) is 8.42 Å². The molecule has 2 atom stereocenters. The molecule has 2 fully saturated rings. The zero-order valence-corrected chi connectivity index (χ0v) is 16.9. The van der Waals surface area contributed by atoms with Gasteiger partial charge in [-0.2, -0.15) is 0 Å². The van der Waals surface area contributed by atoms with E-state index in [1.54, 1.807) is 19.1 Å². The first-order valence-corrected chi connectivity index (χ1v) is 11.7. The van der Waals surface area contributed by atoms with Crippen molar-refractivity contribution in [3.63, 3.8) is 0 Å². The highest BCUT2D eigenvalue weighted by atomic mass is 32.2. The molecule has 3 N–H and O–H groups in total. The van der Waals surface area contributed by atoms with Crippen molar-refractivity contribution in [3.8, 4) is 0 Å². The van der Waals surface area contributed by atoms with Crippen LogP contribution in [0.4, 0.5) is 5.69 Å². The van der Waals surface area contributed by atoms with Crippen molar-refractivity contribution in [1.82, 2.24) is 5.32 Å². The molecule has 1 saturated carbocycles. The van der Waals surface area contributed by atoms with Gasteiger partial charge in [-0.3, -0.25) is 4.79 Å². The number of nitrogens with two attached hydrogens (primary N) is 1. The third-order valence-electron chi connectivity index (χ3n) is 6.08. The highest BCUT2D eigenvalue weighted by molar-refractivity contribution is 7.91. The lowest BCUT2D eigenvalue weighted by Gasteiger charge is -2.34. The molecular weight excluding hydrogens is 362 g/mol. The van der Waals surface area contributed by atoms with Crippen molar-refractivity contribution in [1.29, 1.82) is 0 Å². The SMILES string of the molecule is CCS(=O)(=O)c1ccc(N2CCC(NC(=O)[C@@H]3CCC[C@@H]3CN)CC2)cc1. The Bertz CT molecular complexity index is 740. The van der Waals surface area contributed by atoms with E-state index in [0.29, 0.717) is 17.4 Å². The first-order chi connectivity index (χ1) is 12.9. The molecule has 6 nitrogen and oxygen atoms in total. The van der Waals surface area contributed by atoms with Crippen LogP contribution >= 0.6 is 0 Å². The molecule has 150 valence electrons. The summed E-state index contributed by atoms with van der Waals surface area (Å²) in [4.78, 5) is 15.2. The number of benzene rings is 1. The van der Waals surface area contributed by atoms with Gasteiger partial charge in [0.1, 0.15) is 0 Å². The molecule has 1 saturated heterocycles. The Labute approximate surface area is 162 Å². The Balaban J connectivity index is 1.52. The highest BCUT2D eigenvalue weighted by Crippen LogP contribution is 2.31. The van der Waals surface area contributed by atoms with Crippen LogP contribution in [0.1, 0.15) is 39.0 Å². The molecular formula is C20H31N3O3S. The lowest BCUT2D eigenvalue weighted by atomic mass is 9.94. The molecule has 27 heavy (non-hydrogen) atoms. The van der Waals surface area contributed by atoms with Gasteiger partial charge in [0.15, 0.2) is 9.84 Å². The Kier molecular flexibility index (Phi) is 6.42. The minimum atomic E-state index is -3.16. The van der Waals surface area contributed by atoms with Gasteiger partial charge in [0, 0.05) is 30.7 Å². The molecule has 1 amide bonds. The maximum Gasteiger partial charge on any atom is 0.223 e. The van der Waals surface area contributed by atoms with Crippen molar-refractivity contribution in [2.45, 2.75) is 50.0 Å². The highest BCUT2D eigenvalue weighted by Gasteiger charge is 2.33. The average Bonchev–Trinajstić information content (AvgIpc) is 3.18. The summed E-state index contributed by atoms with van der Waals surface area (Å²) in [5.74, 6) is 0.711. The minimum Gasteiger partial charge on any atom is -0.371 e. The molecule has 0 spiro atoms. The smallest absolute Gasteiger partial charge is 0.223 e. The van der Waals surface area contributed by atoms with E-state index in [0.717, 1.165) is 50.9 Å². The Morgan fingerprint density at radius 1 is 1.15 bits per heavy atom. The number of nitrogens with zero attached hydrogens (tertiary/aromatic N) is 1. The Morgan fingerprint density at radius 2 is 1.81 bits per heavy atom. The lowest BCUT2D eigenvalue weighted by Crippen LogP contribution is -2.47. The monoisotopic (exact) mass is 393 g/mol. The van der Waals surface area contributed by atoms with E-state index >= 15 is 0 Å². The fourth-order valence-electron chi connectivity index (χ4n) is 4.29. The normalized spacial score (nSPS) is 24.1. The summed E-state index contributed by atoms with van der Waals surface area (Å²) in [6.45, 7) is 3.97. The molecule has 7 heteroatoms. The van der Waals surface area contributed by atoms with Gasteiger partial charge >= 0.3 is 0 Å². The van der Waals surface area contributed by atoms with Crippen LogP contribution in [-0.4, -0.2) is 45.8 Å². The van der Waals surface area contributed by atoms with Gasteiger partial charge in [-0.1, -0.05) is 13.3 Å². The summed E-state index contributed by atoms with van der Waals surface area (Å²) in [5, 5.41) is 3.23. The number of nitrogens with one attached hydrogen (secondary N) is 1. The van der Waals surface area contributed by atoms with Crippen LogP contribution in [0.15, 0.2) is 29.2 Å². The van der Waals surface area contributed by atoms with E-state index in [1.807, 2.05) is 12.1 Å². The van der Waals surface area contributed by atoms with E-state index in [1.165, 1.54) is 0 Å². The third-order valence-corrected chi connectivity index (χ3v) is 7.83. The second kappa shape index (κ2) is 8.61. The molecule has 1 aromatic rings. The van der Waals surface area contributed by atoms with Gasteiger partial charge < -0.3 is 16.0 Å². The van der Waals surface area contributed by atoms with Gasteiger partial charge in [0.25, 0.3) is 0 Å². The van der Waals surface area contributed by atoms with Gasteiger partial charge in [-0.15, -0.1) is 0 Å². The zero-order valence-electron chi connectivity index (χ0n) is 16.1. The summed E-state index contributed by atoms with van der Waals surface area (Å²) in [7, 11) is -3.16. The second-order valence-corrected chi connectivity index (χ2v) is 9.98. The number of rotatable bonds is 6. The van der Waals surface area contributed by atoms with Gasteiger partial charge in [-0.05, 0) is 62.4 Å². The van der Waals surface area contributed by atoms with Crippen molar-refractivity contribution in [2.24, 2.45) is 17.6 Å². The molecule has 2 aliphatic rings. The molecule has 1 aromatic carbocycles. The van der Waals surface area contributed by atoms with E-state index < -0.39 is 9.84 Å². The van der Waals surface area contributed by atoms with Crippen molar-refractivity contribution in [2.75, 3.05) is 30.3 Å². The maximum atomic E-state index is 12.6. The number of anilines is 1. The van der Waals surface area contributed by atoms with Gasteiger partial charge in [0.2, 0.25) is 5.91 Å². The average molecular weight is 394 g/mol. The molecule has 3 rings (SSSR count). The van der Waals surface area contributed by atoms with Crippen LogP contribution in [0.2, 0.25) is 0 Å². The third kappa shape index (κ3) is 4.63. The first-order valence-electron chi connectivity index (χ1n) is 10.0. The van der Waals surface area contributed by atoms with Crippen LogP contribution in [-0.2, 0) is 14.6 Å². The summed E-state index contributed by atoms with van der Waals surface area (Å²) < 4.78 is 23.9. The summed E-state index contributed by atoms with van der Waals surface area (Å²) in [6.07, 6.45) is 4.93. The Hall–Kier alpha value is -1.60. The van der Waals surface area contributed by atoms with E-state index in [-0.39, 0.29) is 23.6 Å². The standard InChI is InChI=1S/C20H31N3O3S/c1-2-27(25,26)18-8-6-17(7-9-18)23-12-10-16(11-13-23)22-20(24)19-5-3-4-15(19)14-21/h6-9,15-16,19H,2-5,10-14,21H2,1H3,(H,22,24)/t15-,19-/m1/s1. The molecule has 1 aliphatic carbocycles. The number of carbonyl (C=O) groups is 1. The van der Waals surface area contributed by atoms with Crippen LogP contribution in [0.3, 0.4) is 0 Å². The Morgan fingerprint density at radius 3 is 2.41 bits per heavy atom. The number of piperidine rings is 1. The number of sulfone groups is 1. The quantitative estimate of drug-likeness (QED) is 0.770. The molecule has 0 aromatic heterocycles. The maximum absolute atomic E-state index is 12.6. The zero-order chi connectivity index (χ0) is 19.4. The summed E-state index contributed by atoms with van der Waals surface area (Å²) in [6, 6.07) is 7.36. The van der Waals surface area contributed by atoms with Crippen molar-refractivity contribution < 1.29 is 13.2 Å². The van der Waals surface area contributed by atoms with Crippen LogP contribution in [0.25, 0.3) is 0 Å². The van der Waals surface area contributed by atoms with E-state index in [4.69, 9.17) is 5.73 Å². The van der Waals surface area contributed by atoms with E-state index in [2.05, 4.69) is 10.2 Å². The largest absolute Gasteiger partial charge is 0.371 e. The number of hydrogen-bond donors (Lipinski definition) is 2. The predicted molar refractivity (Wildman–Crippen MR) is 107 cm³/mol. The molecule has 0 unspecified atom stereocenters. The predicted octanol–water partition coefficient (Wildman–Crippen LogP) is 1.94. The van der Waals surface area contributed by atoms with Gasteiger partial charge in [0.05, 0.1) is 10.6 Å². The first kappa shape index (κ1) is 20.1. The van der Waals surface area contributed by atoms with Crippen LogP contribution < -0.4 is 16.0 Å². The molecule has 0 bridgehead atoms. The summed E-state index contributed by atoms with van der Waals surface area (Å²) in [5.41, 5.74) is 6.84. The number of hydrogen-bond acceptors (Lipinski definition) is 5. The molecule has 1 heterocycles. The second-order valence-electron chi connectivity index (χ2n) is 7.70.